The van der Waals surface area contributed by atoms with Crippen LogP contribution in [0.4, 0.5) is 0 Å². The second-order valence-corrected chi connectivity index (χ2v) is 4.46. The van der Waals surface area contributed by atoms with E-state index in [0.717, 1.165) is 0 Å². The second kappa shape index (κ2) is 5.17. The van der Waals surface area contributed by atoms with Gasteiger partial charge in [-0.15, -0.1) is 0 Å². The molecule has 1 aromatic carbocycles. The average molecular weight is 298 g/mol. The molecule has 22 heavy (non-hydrogen) atoms. The van der Waals surface area contributed by atoms with Gasteiger partial charge in [0.05, 0.1) is 5.69 Å². The first-order valence-electron chi connectivity index (χ1n) is 6.23. The summed E-state index contributed by atoms with van der Waals surface area (Å²) in [5.41, 5.74) is -0.546. The lowest BCUT2D eigenvalue weighted by Gasteiger charge is -2.07. The fourth-order valence-corrected chi connectivity index (χ4v) is 2.05. The van der Waals surface area contributed by atoms with Crippen LogP contribution in [0.5, 0.6) is 5.75 Å². The molecule has 0 unspecified atom stereocenters. The molecule has 8 nitrogen and oxygen atoms in total. The van der Waals surface area contributed by atoms with E-state index in [1.807, 2.05) is 0 Å². The van der Waals surface area contributed by atoms with Gasteiger partial charge in [0.2, 0.25) is 0 Å². The molecule has 0 aliphatic rings. The van der Waals surface area contributed by atoms with Crippen molar-refractivity contribution in [3.63, 3.8) is 0 Å². The number of benzene rings is 1. The van der Waals surface area contributed by atoms with Crippen molar-refractivity contribution in [3.05, 3.63) is 52.4 Å². The molecule has 0 atom stereocenters. The van der Waals surface area contributed by atoms with Gasteiger partial charge in [0, 0.05) is 11.8 Å². The van der Waals surface area contributed by atoms with Crippen LogP contribution in [-0.2, 0) is 0 Å². The number of phenolic OH excluding ortho intramolecular Hbond substituents is 1. The molecule has 4 N–H and O–H groups in total. The average Bonchev–Trinajstić information content (AvgIpc) is 3.00. The van der Waals surface area contributed by atoms with Crippen molar-refractivity contribution in [2.75, 3.05) is 0 Å². The van der Waals surface area contributed by atoms with E-state index in [9.17, 15) is 19.8 Å². The number of nitrogens with zero attached hydrogens (tertiary/aromatic N) is 2. The topological polar surface area (TPSA) is 132 Å². The van der Waals surface area contributed by atoms with E-state index in [0.29, 0.717) is 11.3 Å². The van der Waals surface area contributed by atoms with Crippen molar-refractivity contribution in [1.82, 2.24) is 20.2 Å². The van der Waals surface area contributed by atoms with Gasteiger partial charge in [0.15, 0.2) is 11.4 Å². The summed E-state index contributed by atoms with van der Waals surface area (Å²) in [7, 11) is 0. The normalized spacial score (nSPS) is 10.5. The van der Waals surface area contributed by atoms with Gasteiger partial charge in [-0.1, -0.05) is 12.1 Å². The van der Waals surface area contributed by atoms with E-state index in [-0.39, 0.29) is 17.3 Å². The number of carboxylic acid groups (broad SMARTS) is 1. The highest BCUT2D eigenvalue weighted by molar-refractivity contribution is 5.94. The third kappa shape index (κ3) is 2.33. The van der Waals surface area contributed by atoms with Gasteiger partial charge in [0.1, 0.15) is 11.4 Å². The van der Waals surface area contributed by atoms with Gasteiger partial charge in [-0.3, -0.25) is 9.89 Å². The number of carboxylic acids is 1. The van der Waals surface area contributed by atoms with Crippen LogP contribution in [0.1, 0.15) is 10.4 Å². The van der Waals surface area contributed by atoms with Crippen LogP contribution < -0.4 is 5.56 Å². The SMILES string of the molecule is O=C(O)c1c(-c2cccc(O)c2)nc(-c2ccn[nH]2)[nH]c1=O. The molecule has 0 bridgehead atoms. The first-order valence-corrected chi connectivity index (χ1v) is 6.23. The Morgan fingerprint density at radius 1 is 1.23 bits per heavy atom. The predicted octanol–water partition coefficient (Wildman–Crippen LogP) is 1.23. The summed E-state index contributed by atoms with van der Waals surface area (Å²) in [4.78, 5) is 30.0. The third-order valence-electron chi connectivity index (χ3n) is 3.01. The van der Waals surface area contributed by atoms with Gasteiger partial charge < -0.3 is 15.2 Å². The van der Waals surface area contributed by atoms with E-state index in [1.54, 1.807) is 12.1 Å². The summed E-state index contributed by atoms with van der Waals surface area (Å²) in [6.45, 7) is 0. The lowest BCUT2D eigenvalue weighted by molar-refractivity contribution is 0.0695. The molecule has 2 aromatic heterocycles. The molecule has 110 valence electrons. The van der Waals surface area contributed by atoms with Crippen molar-refractivity contribution in [3.8, 4) is 28.5 Å². The van der Waals surface area contributed by atoms with E-state index in [2.05, 4.69) is 20.2 Å². The maximum absolute atomic E-state index is 12.1. The molecule has 0 aliphatic heterocycles. The quantitative estimate of drug-likeness (QED) is 0.575. The molecule has 0 spiro atoms. The van der Waals surface area contributed by atoms with Gasteiger partial charge in [-0.2, -0.15) is 5.10 Å². The molecule has 0 saturated carbocycles. The third-order valence-corrected chi connectivity index (χ3v) is 3.01. The predicted molar refractivity (Wildman–Crippen MR) is 76.5 cm³/mol. The summed E-state index contributed by atoms with van der Waals surface area (Å²) in [5, 5.41) is 25.2. The number of rotatable bonds is 3. The number of nitrogens with one attached hydrogen (secondary N) is 2. The summed E-state index contributed by atoms with van der Waals surface area (Å²) < 4.78 is 0. The van der Waals surface area contributed by atoms with Crippen LogP contribution in [0.2, 0.25) is 0 Å². The fraction of sp³-hybridized carbons (Fsp3) is 0. The summed E-state index contributed by atoms with van der Waals surface area (Å²) in [6.07, 6.45) is 1.48. The Labute approximate surface area is 123 Å². The number of aromatic nitrogens is 4. The Hall–Kier alpha value is -3.42. The zero-order valence-corrected chi connectivity index (χ0v) is 11.1. The summed E-state index contributed by atoms with van der Waals surface area (Å²) in [5.74, 6) is -1.30. The molecular weight excluding hydrogens is 288 g/mol. The van der Waals surface area contributed by atoms with E-state index < -0.39 is 17.1 Å². The molecule has 0 fully saturated rings. The molecule has 0 radical (unpaired) electrons. The van der Waals surface area contributed by atoms with Crippen molar-refractivity contribution in [2.45, 2.75) is 0 Å². The van der Waals surface area contributed by atoms with Crippen molar-refractivity contribution in [1.29, 1.82) is 0 Å². The van der Waals surface area contributed by atoms with Crippen LogP contribution in [0.15, 0.2) is 41.3 Å². The standard InChI is InChI=1S/C14H10N4O4/c19-8-3-1-2-7(6-8)11-10(14(21)22)13(20)17-12(16-11)9-4-5-15-18-9/h1-6,19H,(H,15,18)(H,21,22)(H,16,17,20). The second-order valence-electron chi connectivity index (χ2n) is 4.46. The Morgan fingerprint density at radius 2 is 2.05 bits per heavy atom. The number of H-pyrrole nitrogens is 2. The summed E-state index contributed by atoms with van der Waals surface area (Å²) in [6, 6.07) is 7.46. The Morgan fingerprint density at radius 3 is 2.68 bits per heavy atom. The first kappa shape index (κ1) is 13.6. The Kier molecular flexibility index (Phi) is 3.18. The molecule has 0 saturated heterocycles. The largest absolute Gasteiger partial charge is 0.508 e. The Bertz CT molecular complexity index is 899. The number of hydrogen-bond acceptors (Lipinski definition) is 5. The van der Waals surface area contributed by atoms with Gasteiger partial charge in [0.25, 0.3) is 5.56 Å². The van der Waals surface area contributed by atoms with Crippen LogP contribution >= 0.6 is 0 Å². The lowest BCUT2D eigenvalue weighted by Crippen LogP contribution is -2.21. The van der Waals surface area contributed by atoms with Crippen molar-refractivity contribution >= 4 is 5.97 Å². The zero-order chi connectivity index (χ0) is 15.7. The Balaban J connectivity index is 2.30. The molecule has 3 aromatic rings. The van der Waals surface area contributed by atoms with Crippen molar-refractivity contribution < 1.29 is 15.0 Å². The van der Waals surface area contributed by atoms with Crippen LogP contribution in [0.25, 0.3) is 22.8 Å². The molecule has 3 rings (SSSR count). The smallest absolute Gasteiger partial charge is 0.343 e. The van der Waals surface area contributed by atoms with E-state index in [1.165, 1.54) is 24.4 Å². The number of aromatic carboxylic acids is 1. The number of hydrogen-bond donors (Lipinski definition) is 4. The highest BCUT2D eigenvalue weighted by Gasteiger charge is 2.20. The highest BCUT2D eigenvalue weighted by Crippen LogP contribution is 2.24. The molecule has 0 amide bonds. The summed E-state index contributed by atoms with van der Waals surface area (Å²) >= 11 is 0. The molecule has 2 heterocycles. The number of aromatic hydroxyl groups is 1. The minimum atomic E-state index is -1.40. The van der Waals surface area contributed by atoms with Gasteiger partial charge in [-0.25, -0.2) is 9.78 Å². The van der Waals surface area contributed by atoms with Crippen molar-refractivity contribution in [2.24, 2.45) is 0 Å². The lowest BCUT2D eigenvalue weighted by atomic mass is 10.1. The van der Waals surface area contributed by atoms with Crippen LogP contribution in [-0.4, -0.2) is 36.3 Å². The van der Waals surface area contributed by atoms with Gasteiger partial charge >= 0.3 is 5.97 Å². The highest BCUT2D eigenvalue weighted by atomic mass is 16.4. The number of carbonyl (C=O) groups is 1. The van der Waals surface area contributed by atoms with E-state index >= 15 is 0 Å². The maximum atomic E-state index is 12.1. The molecule has 0 aliphatic carbocycles. The zero-order valence-electron chi connectivity index (χ0n) is 11.1. The number of phenols is 1. The van der Waals surface area contributed by atoms with Crippen LogP contribution in [0, 0.1) is 0 Å². The minimum absolute atomic E-state index is 0.0308. The fourth-order valence-electron chi connectivity index (χ4n) is 2.05. The monoisotopic (exact) mass is 298 g/mol. The maximum Gasteiger partial charge on any atom is 0.343 e. The van der Waals surface area contributed by atoms with Crippen LogP contribution in [0.3, 0.4) is 0 Å². The molecular formula is C14H10N4O4. The number of aromatic amines is 2. The minimum Gasteiger partial charge on any atom is -0.508 e. The first-order chi connectivity index (χ1) is 10.6. The molecule has 8 heteroatoms. The van der Waals surface area contributed by atoms with Gasteiger partial charge in [-0.05, 0) is 18.2 Å². The van der Waals surface area contributed by atoms with E-state index in [4.69, 9.17) is 0 Å².